The minimum atomic E-state index is -2.96. The Hall–Kier alpha value is -2.19. The molecule has 1 aliphatic rings. The van der Waals surface area contributed by atoms with E-state index in [9.17, 15) is 8.42 Å². The molecule has 25 heavy (non-hydrogen) atoms. The Morgan fingerprint density at radius 1 is 1.32 bits per heavy atom. The number of rotatable bonds is 3. The van der Waals surface area contributed by atoms with Crippen LogP contribution in [-0.2, 0) is 9.84 Å². The van der Waals surface area contributed by atoms with Gasteiger partial charge in [-0.05, 0) is 31.0 Å². The monoisotopic (exact) mass is 377 g/mol. The van der Waals surface area contributed by atoms with Crippen molar-refractivity contribution in [2.75, 3.05) is 16.8 Å². The van der Waals surface area contributed by atoms with Crippen molar-refractivity contribution in [1.82, 2.24) is 19.7 Å². The van der Waals surface area contributed by atoms with Crippen molar-refractivity contribution in [2.24, 2.45) is 0 Å². The number of hydrogen-bond acceptors (Lipinski definition) is 6. The quantitative estimate of drug-likeness (QED) is 0.753. The number of anilines is 1. The molecule has 3 aromatic rings. The average molecular weight is 378 g/mol. The van der Waals surface area contributed by atoms with Crippen LogP contribution in [0.5, 0.6) is 0 Å². The van der Waals surface area contributed by atoms with Gasteiger partial charge in [0.15, 0.2) is 15.5 Å². The van der Waals surface area contributed by atoms with E-state index in [0.717, 1.165) is 16.6 Å². The van der Waals surface area contributed by atoms with Crippen molar-refractivity contribution in [1.29, 1.82) is 0 Å². The second kappa shape index (κ2) is 5.96. The molecule has 1 aliphatic heterocycles. The van der Waals surface area contributed by atoms with Crippen molar-refractivity contribution in [2.45, 2.75) is 19.4 Å². The van der Waals surface area contributed by atoms with E-state index >= 15 is 0 Å². The molecule has 0 saturated carbocycles. The molecule has 0 radical (unpaired) electrons. The molecule has 130 valence electrons. The molecule has 2 aromatic heterocycles. The highest BCUT2D eigenvalue weighted by atomic mass is 35.5. The summed E-state index contributed by atoms with van der Waals surface area (Å²) in [6, 6.07) is 5.55. The minimum absolute atomic E-state index is 0.121. The van der Waals surface area contributed by atoms with Gasteiger partial charge in [-0.1, -0.05) is 17.7 Å². The van der Waals surface area contributed by atoms with Crippen molar-refractivity contribution < 1.29 is 8.42 Å². The molecule has 1 saturated heterocycles. The summed E-state index contributed by atoms with van der Waals surface area (Å²) in [4.78, 5) is 8.59. The van der Waals surface area contributed by atoms with E-state index in [1.54, 1.807) is 10.9 Å². The Morgan fingerprint density at radius 2 is 2.16 bits per heavy atom. The number of benzene rings is 1. The highest BCUT2D eigenvalue weighted by Gasteiger charge is 2.28. The van der Waals surface area contributed by atoms with Crippen molar-refractivity contribution in [3.63, 3.8) is 0 Å². The molecule has 1 aromatic carbocycles. The summed E-state index contributed by atoms with van der Waals surface area (Å²) in [5.41, 5.74) is 2.42. The first-order chi connectivity index (χ1) is 11.9. The number of fused-ring (bicyclic) bond motifs is 1. The van der Waals surface area contributed by atoms with E-state index < -0.39 is 9.84 Å². The van der Waals surface area contributed by atoms with Crippen LogP contribution in [0.25, 0.3) is 16.7 Å². The number of hydrogen-bond donors (Lipinski definition) is 1. The fraction of sp³-hybridized carbons (Fsp3) is 0.312. The molecule has 9 heteroatoms. The first-order valence-electron chi connectivity index (χ1n) is 7.85. The third-order valence-electron chi connectivity index (χ3n) is 4.27. The molecular weight excluding hydrogens is 362 g/mol. The van der Waals surface area contributed by atoms with Gasteiger partial charge in [-0.25, -0.2) is 23.1 Å². The van der Waals surface area contributed by atoms with Crippen LogP contribution < -0.4 is 5.32 Å². The van der Waals surface area contributed by atoms with Crippen LogP contribution in [0.2, 0.25) is 5.02 Å². The number of nitrogens with zero attached hydrogens (tertiary/aromatic N) is 4. The third-order valence-corrected chi connectivity index (χ3v) is 6.36. The molecule has 1 fully saturated rings. The highest BCUT2D eigenvalue weighted by molar-refractivity contribution is 7.91. The standard InChI is InChI=1S/C16H16ClN5O2S/c1-10-2-3-13(17)14(6-10)22-16-12(7-20-22)15(18-9-19-16)21-11-4-5-25(23,24)8-11/h2-3,6-7,9,11H,4-5,8H2,1H3,(H,18,19,21)/t11-/m0/s1. The molecule has 0 bridgehead atoms. The zero-order chi connectivity index (χ0) is 17.6. The lowest BCUT2D eigenvalue weighted by atomic mass is 10.2. The Bertz CT molecular complexity index is 1060. The fourth-order valence-corrected chi connectivity index (χ4v) is 4.89. The Balaban J connectivity index is 1.75. The lowest BCUT2D eigenvalue weighted by molar-refractivity contribution is 0.602. The van der Waals surface area contributed by atoms with E-state index in [1.807, 2.05) is 25.1 Å². The first-order valence-corrected chi connectivity index (χ1v) is 10.0. The Morgan fingerprint density at radius 3 is 2.92 bits per heavy atom. The molecule has 0 unspecified atom stereocenters. The molecule has 0 spiro atoms. The highest BCUT2D eigenvalue weighted by Crippen LogP contribution is 2.27. The van der Waals surface area contributed by atoms with Crippen LogP contribution in [0.3, 0.4) is 0 Å². The number of halogens is 1. The van der Waals surface area contributed by atoms with E-state index in [1.165, 1.54) is 6.33 Å². The largest absolute Gasteiger partial charge is 0.366 e. The molecule has 4 rings (SSSR count). The lowest BCUT2D eigenvalue weighted by Gasteiger charge is -2.12. The predicted octanol–water partition coefficient (Wildman–Crippen LogP) is 2.38. The predicted molar refractivity (Wildman–Crippen MR) is 97.1 cm³/mol. The van der Waals surface area contributed by atoms with Gasteiger partial charge < -0.3 is 5.32 Å². The van der Waals surface area contributed by atoms with Crippen LogP contribution in [-0.4, -0.2) is 45.7 Å². The lowest BCUT2D eigenvalue weighted by Crippen LogP contribution is -2.21. The zero-order valence-corrected chi connectivity index (χ0v) is 15.0. The normalized spacial score (nSPS) is 19.4. The van der Waals surface area contributed by atoms with Gasteiger partial charge in [0.05, 0.1) is 33.8 Å². The molecular formula is C16H16ClN5O2S. The number of aryl methyl sites for hydroxylation is 1. The number of aromatic nitrogens is 4. The van der Waals surface area contributed by atoms with Crippen LogP contribution in [0.1, 0.15) is 12.0 Å². The number of nitrogens with one attached hydrogen (secondary N) is 1. The molecule has 1 N–H and O–H groups in total. The summed E-state index contributed by atoms with van der Waals surface area (Å²) in [6.45, 7) is 1.98. The van der Waals surface area contributed by atoms with Crippen LogP contribution >= 0.6 is 11.6 Å². The number of sulfone groups is 1. The van der Waals surface area contributed by atoms with Gasteiger partial charge in [0.1, 0.15) is 12.1 Å². The van der Waals surface area contributed by atoms with Gasteiger partial charge in [-0.2, -0.15) is 5.10 Å². The summed E-state index contributed by atoms with van der Waals surface area (Å²) >= 11 is 6.31. The van der Waals surface area contributed by atoms with Crippen molar-refractivity contribution in [3.05, 3.63) is 41.3 Å². The second-order valence-corrected chi connectivity index (χ2v) is 8.85. The van der Waals surface area contributed by atoms with Crippen molar-refractivity contribution >= 4 is 38.3 Å². The van der Waals surface area contributed by atoms with Crippen LogP contribution in [0, 0.1) is 6.92 Å². The van der Waals surface area contributed by atoms with E-state index in [2.05, 4.69) is 20.4 Å². The maximum atomic E-state index is 11.6. The van der Waals surface area contributed by atoms with Gasteiger partial charge in [0.25, 0.3) is 0 Å². The van der Waals surface area contributed by atoms with Crippen LogP contribution in [0.4, 0.5) is 5.82 Å². The fourth-order valence-electron chi connectivity index (χ4n) is 3.02. The smallest absolute Gasteiger partial charge is 0.168 e. The van der Waals surface area contributed by atoms with E-state index in [4.69, 9.17) is 11.6 Å². The topological polar surface area (TPSA) is 89.8 Å². The van der Waals surface area contributed by atoms with Crippen molar-refractivity contribution in [3.8, 4) is 5.69 Å². The third kappa shape index (κ3) is 3.07. The SMILES string of the molecule is Cc1ccc(Cl)c(-n2ncc3c(N[C@H]4CCS(=O)(=O)C4)ncnc32)c1. The maximum absolute atomic E-state index is 11.6. The zero-order valence-electron chi connectivity index (χ0n) is 13.5. The molecule has 3 heterocycles. The van der Waals surface area contributed by atoms with E-state index in [-0.39, 0.29) is 17.5 Å². The Kier molecular flexibility index (Phi) is 3.88. The van der Waals surface area contributed by atoms with Gasteiger partial charge in [0.2, 0.25) is 0 Å². The first kappa shape index (κ1) is 16.3. The Labute approximate surface area is 150 Å². The minimum Gasteiger partial charge on any atom is -0.366 e. The molecule has 0 aliphatic carbocycles. The summed E-state index contributed by atoms with van der Waals surface area (Å²) in [5, 5.41) is 8.92. The van der Waals surface area contributed by atoms with Gasteiger partial charge in [-0.3, -0.25) is 0 Å². The summed E-state index contributed by atoms with van der Waals surface area (Å²) in [7, 11) is -2.96. The summed E-state index contributed by atoms with van der Waals surface area (Å²) in [5.74, 6) is 0.912. The van der Waals surface area contributed by atoms with Gasteiger partial charge >= 0.3 is 0 Å². The second-order valence-electron chi connectivity index (χ2n) is 6.22. The van der Waals surface area contributed by atoms with Gasteiger partial charge in [-0.15, -0.1) is 0 Å². The summed E-state index contributed by atoms with van der Waals surface area (Å²) in [6.07, 6.45) is 3.68. The van der Waals surface area contributed by atoms with Gasteiger partial charge in [0, 0.05) is 6.04 Å². The van der Waals surface area contributed by atoms with E-state index in [0.29, 0.717) is 22.9 Å². The maximum Gasteiger partial charge on any atom is 0.168 e. The molecule has 1 atom stereocenters. The molecule has 7 nitrogen and oxygen atoms in total. The summed E-state index contributed by atoms with van der Waals surface area (Å²) < 4.78 is 25.0. The average Bonchev–Trinajstić information content (AvgIpc) is 3.14. The molecule has 0 amide bonds. The van der Waals surface area contributed by atoms with Crippen LogP contribution in [0.15, 0.2) is 30.7 Å².